The van der Waals surface area contributed by atoms with Crippen molar-refractivity contribution >= 4 is 5.78 Å². The maximum atomic E-state index is 11.8. The summed E-state index contributed by atoms with van der Waals surface area (Å²) < 4.78 is 0. The van der Waals surface area contributed by atoms with Gasteiger partial charge in [-0.1, -0.05) is 37.3 Å². The van der Waals surface area contributed by atoms with Gasteiger partial charge in [0, 0.05) is 24.9 Å². The first-order chi connectivity index (χ1) is 9.20. The first kappa shape index (κ1) is 14.3. The molecule has 1 aromatic carbocycles. The van der Waals surface area contributed by atoms with E-state index >= 15 is 0 Å². The lowest BCUT2D eigenvalue weighted by Crippen LogP contribution is -2.34. The molecule has 1 aliphatic carbocycles. The van der Waals surface area contributed by atoms with E-state index in [9.17, 15) is 4.79 Å². The zero-order valence-corrected chi connectivity index (χ0v) is 12.1. The lowest BCUT2D eigenvalue weighted by atomic mass is 10.0. The summed E-state index contributed by atoms with van der Waals surface area (Å²) in [5.41, 5.74) is 1.38. The fourth-order valence-corrected chi connectivity index (χ4v) is 2.58. The Hall–Kier alpha value is -1.15. The molecule has 0 aromatic heterocycles. The van der Waals surface area contributed by atoms with Crippen molar-refractivity contribution in [1.82, 2.24) is 4.90 Å². The van der Waals surface area contributed by atoms with Crippen LogP contribution < -0.4 is 0 Å². The summed E-state index contributed by atoms with van der Waals surface area (Å²) in [6, 6.07) is 11.2. The Morgan fingerprint density at radius 1 is 1.32 bits per heavy atom. The van der Waals surface area contributed by atoms with Gasteiger partial charge in [-0.25, -0.2) is 0 Å². The van der Waals surface area contributed by atoms with Gasteiger partial charge in [-0.15, -0.1) is 0 Å². The Morgan fingerprint density at radius 2 is 2.00 bits per heavy atom. The maximum Gasteiger partial charge on any atom is 0.137 e. The van der Waals surface area contributed by atoms with Crippen LogP contribution in [-0.4, -0.2) is 30.3 Å². The van der Waals surface area contributed by atoms with E-state index in [1.54, 1.807) is 0 Å². The van der Waals surface area contributed by atoms with Gasteiger partial charge in [-0.3, -0.25) is 4.79 Å². The number of ketones is 1. The van der Waals surface area contributed by atoms with E-state index in [4.69, 9.17) is 0 Å². The molecule has 0 aliphatic heterocycles. The standard InChI is InChI=1S/C17H25NO/c1-3-16(13-14-7-5-4-6-8-14)18(2)12-11-17(19)15-9-10-15/h4-8,15-16H,3,9-13H2,1-2H3. The Bertz CT molecular complexity index is 397. The lowest BCUT2D eigenvalue weighted by molar-refractivity contribution is -0.120. The van der Waals surface area contributed by atoms with Gasteiger partial charge >= 0.3 is 0 Å². The maximum absolute atomic E-state index is 11.8. The molecule has 0 N–H and O–H groups in total. The second kappa shape index (κ2) is 6.85. The summed E-state index contributed by atoms with van der Waals surface area (Å²) in [7, 11) is 2.15. The van der Waals surface area contributed by atoms with Crippen molar-refractivity contribution in [2.24, 2.45) is 5.92 Å². The number of carbonyl (C=O) groups is 1. The van der Waals surface area contributed by atoms with Crippen LogP contribution in [0.25, 0.3) is 0 Å². The van der Waals surface area contributed by atoms with Crippen molar-refractivity contribution in [2.75, 3.05) is 13.6 Å². The number of benzene rings is 1. The Kier molecular flexibility index (Phi) is 5.15. The van der Waals surface area contributed by atoms with E-state index in [0.29, 0.717) is 17.7 Å². The molecule has 0 radical (unpaired) electrons. The summed E-state index contributed by atoms with van der Waals surface area (Å²) >= 11 is 0. The first-order valence-electron chi connectivity index (χ1n) is 7.47. The highest BCUT2D eigenvalue weighted by molar-refractivity contribution is 5.83. The Balaban J connectivity index is 1.80. The topological polar surface area (TPSA) is 20.3 Å². The van der Waals surface area contributed by atoms with Crippen molar-refractivity contribution < 1.29 is 4.79 Å². The third-order valence-electron chi connectivity index (χ3n) is 4.15. The average Bonchev–Trinajstić information content (AvgIpc) is 3.27. The lowest BCUT2D eigenvalue weighted by Gasteiger charge is -2.27. The molecule has 0 bridgehead atoms. The molecule has 0 amide bonds. The first-order valence-corrected chi connectivity index (χ1v) is 7.47. The molecule has 1 aromatic rings. The third-order valence-corrected chi connectivity index (χ3v) is 4.15. The summed E-state index contributed by atoms with van der Waals surface area (Å²) in [6.07, 6.45) is 5.19. The monoisotopic (exact) mass is 259 g/mol. The van der Waals surface area contributed by atoms with E-state index in [-0.39, 0.29) is 0 Å². The minimum atomic E-state index is 0.405. The minimum Gasteiger partial charge on any atom is -0.303 e. The van der Waals surface area contributed by atoms with E-state index in [2.05, 4.69) is 49.2 Å². The van der Waals surface area contributed by atoms with Gasteiger partial charge in [-0.2, -0.15) is 0 Å². The van der Waals surface area contributed by atoms with Gasteiger partial charge < -0.3 is 4.90 Å². The fourth-order valence-electron chi connectivity index (χ4n) is 2.58. The highest BCUT2D eigenvalue weighted by Gasteiger charge is 2.29. The van der Waals surface area contributed by atoms with Crippen molar-refractivity contribution in [2.45, 2.75) is 45.1 Å². The molecule has 1 unspecified atom stereocenters. The summed E-state index contributed by atoms with van der Waals surface area (Å²) in [4.78, 5) is 14.1. The molecule has 0 spiro atoms. The van der Waals surface area contributed by atoms with Gasteiger partial charge in [0.1, 0.15) is 5.78 Å². The summed E-state index contributed by atoms with van der Waals surface area (Å²) in [5, 5.41) is 0. The number of hydrogen-bond acceptors (Lipinski definition) is 2. The number of likely N-dealkylation sites (N-methyl/N-ethyl adjacent to an activating group) is 1. The van der Waals surface area contributed by atoms with E-state index in [1.165, 1.54) is 5.56 Å². The van der Waals surface area contributed by atoms with Crippen LogP contribution in [0.15, 0.2) is 30.3 Å². The number of Topliss-reactive ketones (excluding diaryl/α,β-unsaturated/α-hetero) is 1. The van der Waals surface area contributed by atoms with Crippen molar-refractivity contribution in [3.05, 3.63) is 35.9 Å². The highest BCUT2D eigenvalue weighted by Crippen LogP contribution is 2.30. The van der Waals surface area contributed by atoms with Gasteiger partial charge in [0.05, 0.1) is 0 Å². The molecule has 0 saturated heterocycles. The van der Waals surface area contributed by atoms with Crippen LogP contribution >= 0.6 is 0 Å². The fraction of sp³-hybridized carbons (Fsp3) is 0.588. The molecule has 2 rings (SSSR count). The van der Waals surface area contributed by atoms with Crippen molar-refractivity contribution in [1.29, 1.82) is 0 Å². The third kappa shape index (κ3) is 4.46. The zero-order chi connectivity index (χ0) is 13.7. The quantitative estimate of drug-likeness (QED) is 0.714. The molecule has 1 saturated carbocycles. The van der Waals surface area contributed by atoms with Gasteiger partial charge in [0.15, 0.2) is 0 Å². The molecule has 104 valence electrons. The molecular formula is C17H25NO. The number of hydrogen-bond donors (Lipinski definition) is 0. The summed E-state index contributed by atoms with van der Waals surface area (Å²) in [6.45, 7) is 3.13. The van der Waals surface area contributed by atoms with E-state index in [0.717, 1.165) is 38.6 Å². The van der Waals surface area contributed by atoms with Crippen molar-refractivity contribution in [3.63, 3.8) is 0 Å². The highest BCUT2D eigenvalue weighted by atomic mass is 16.1. The van der Waals surface area contributed by atoms with Crippen LogP contribution in [0.1, 0.15) is 38.2 Å². The predicted molar refractivity (Wildman–Crippen MR) is 79.2 cm³/mol. The average molecular weight is 259 g/mol. The minimum absolute atomic E-state index is 0.405. The summed E-state index contributed by atoms with van der Waals surface area (Å²) in [5.74, 6) is 0.879. The number of rotatable bonds is 8. The number of nitrogens with zero attached hydrogens (tertiary/aromatic N) is 1. The molecular weight excluding hydrogens is 234 g/mol. The SMILES string of the molecule is CCC(Cc1ccccc1)N(C)CCC(=O)C1CC1. The molecule has 2 heteroatoms. The van der Waals surface area contributed by atoms with Gasteiger partial charge in [0.25, 0.3) is 0 Å². The number of carbonyl (C=O) groups excluding carboxylic acids is 1. The molecule has 1 atom stereocenters. The Morgan fingerprint density at radius 3 is 2.58 bits per heavy atom. The Labute approximate surface area is 116 Å². The zero-order valence-electron chi connectivity index (χ0n) is 12.1. The normalized spacial score (nSPS) is 16.6. The molecule has 1 aliphatic rings. The van der Waals surface area contributed by atoms with Gasteiger partial charge in [-0.05, 0) is 38.3 Å². The van der Waals surface area contributed by atoms with Crippen LogP contribution in [-0.2, 0) is 11.2 Å². The van der Waals surface area contributed by atoms with E-state index < -0.39 is 0 Å². The second-order valence-corrected chi connectivity index (χ2v) is 5.72. The van der Waals surface area contributed by atoms with Crippen LogP contribution in [0.2, 0.25) is 0 Å². The van der Waals surface area contributed by atoms with Crippen molar-refractivity contribution in [3.8, 4) is 0 Å². The van der Waals surface area contributed by atoms with Gasteiger partial charge in [0.2, 0.25) is 0 Å². The predicted octanol–water partition coefficient (Wildman–Crippen LogP) is 3.31. The van der Waals surface area contributed by atoms with Crippen LogP contribution in [0, 0.1) is 5.92 Å². The van der Waals surface area contributed by atoms with Crippen LogP contribution in [0.3, 0.4) is 0 Å². The largest absolute Gasteiger partial charge is 0.303 e. The molecule has 1 fully saturated rings. The van der Waals surface area contributed by atoms with Crippen LogP contribution in [0.5, 0.6) is 0 Å². The second-order valence-electron chi connectivity index (χ2n) is 5.72. The molecule has 19 heavy (non-hydrogen) atoms. The molecule has 2 nitrogen and oxygen atoms in total. The van der Waals surface area contributed by atoms with Crippen LogP contribution in [0.4, 0.5) is 0 Å². The molecule has 0 heterocycles. The smallest absolute Gasteiger partial charge is 0.137 e. The van der Waals surface area contributed by atoms with E-state index in [1.807, 2.05) is 0 Å².